The molecule has 4 rings (SSSR count). The van der Waals surface area contributed by atoms with Gasteiger partial charge in [-0.05, 0) is 43.9 Å². The number of benzene rings is 1. The number of aromatic amines is 1. The fourth-order valence-electron chi connectivity index (χ4n) is 4.43. The first-order chi connectivity index (χ1) is 13.0. The monoisotopic (exact) mass is 370 g/mol. The minimum atomic E-state index is -0.0439. The number of H-pyrrole nitrogens is 1. The van der Waals surface area contributed by atoms with E-state index in [0.717, 1.165) is 35.3 Å². The fraction of sp³-hybridized carbons (Fsp3) is 0.550. The quantitative estimate of drug-likeness (QED) is 0.858. The highest BCUT2D eigenvalue weighted by molar-refractivity contribution is 5.82. The van der Waals surface area contributed by atoms with Crippen LogP contribution in [-0.4, -0.2) is 59.0 Å². The molecule has 0 unspecified atom stereocenters. The lowest BCUT2D eigenvalue weighted by Crippen LogP contribution is -2.57. The van der Waals surface area contributed by atoms with Crippen molar-refractivity contribution in [1.82, 2.24) is 20.2 Å². The van der Waals surface area contributed by atoms with E-state index in [1.807, 2.05) is 30.0 Å². The van der Waals surface area contributed by atoms with Crippen LogP contribution in [0.15, 0.2) is 18.2 Å². The Kier molecular flexibility index (Phi) is 4.86. The highest BCUT2D eigenvalue weighted by atomic mass is 16.5. The number of aromatic nitrogens is 2. The molecule has 7 heteroatoms. The van der Waals surface area contributed by atoms with Crippen molar-refractivity contribution >= 4 is 22.8 Å². The average molecular weight is 370 g/mol. The minimum absolute atomic E-state index is 0.0135. The van der Waals surface area contributed by atoms with E-state index in [0.29, 0.717) is 26.0 Å². The van der Waals surface area contributed by atoms with E-state index < -0.39 is 0 Å². The summed E-state index contributed by atoms with van der Waals surface area (Å²) >= 11 is 0. The summed E-state index contributed by atoms with van der Waals surface area (Å²) in [5, 5.41) is 2.74. The van der Waals surface area contributed by atoms with E-state index in [2.05, 4.69) is 15.3 Å². The molecule has 1 aromatic carbocycles. The second-order valence-corrected chi connectivity index (χ2v) is 7.54. The number of nitrogens with one attached hydrogen (secondary N) is 2. The van der Waals surface area contributed by atoms with Crippen molar-refractivity contribution in [2.75, 3.05) is 20.2 Å². The Balaban J connectivity index is 1.49. The van der Waals surface area contributed by atoms with Gasteiger partial charge in [-0.2, -0.15) is 0 Å². The van der Waals surface area contributed by atoms with Gasteiger partial charge in [0.1, 0.15) is 5.82 Å². The number of nitrogens with zero attached hydrogens (tertiary/aromatic N) is 2. The summed E-state index contributed by atoms with van der Waals surface area (Å²) in [6.45, 7) is 3.08. The van der Waals surface area contributed by atoms with E-state index in [-0.39, 0.29) is 29.9 Å². The number of carbonyl (C=O) groups is 2. The highest BCUT2D eigenvalue weighted by Gasteiger charge is 2.41. The van der Waals surface area contributed by atoms with Crippen LogP contribution in [0.4, 0.5) is 0 Å². The van der Waals surface area contributed by atoms with Gasteiger partial charge in [-0.3, -0.25) is 9.59 Å². The highest BCUT2D eigenvalue weighted by Crippen LogP contribution is 2.33. The smallest absolute Gasteiger partial charge is 0.227 e. The fourth-order valence-corrected chi connectivity index (χ4v) is 4.43. The molecule has 1 aliphatic carbocycles. The number of carbonyl (C=O) groups excluding carboxylic acids is 2. The molecular formula is C20H26N4O3. The summed E-state index contributed by atoms with van der Waals surface area (Å²) in [5.41, 5.74) is 2.84. The number of hydrogen-bond donors (Lipinski definition) is 2. The van der Waals surface area contributed by atoms with Gasteiger partial charge in [0.15, 0.2) is 0 Å². The molecule has 1 saturated carbocycles. The molecule has 1 saturated heterocycles. The molecule has 7 nitrogen and oxygen atoms in total. The maximum absolute atomic E-state index is 13.1. The first-order valence-electron chi connectivity index (χ1n) is 9.63. The van der Waals surface area contributed by atoms with Crippen LogP contribution in [0, 0.1) is 12.8 Å². The number of aryl methyl sites for hydroxylation is 1. The molecule has 1 aliphatic heterocycles. The van der Waals surface area contributed by atoms with Crippen molar-refractivity contribution in [2.45, 2.75) is 44.8 Å². The van der Waals surface area contributed by atoms with Gasteiger partial charge >= 0.3 is 0 Å². The van der Waals surface area contributed by atoms with Crippen LogP contribution in [0.5, 0.6) is 0 Å². The number of ether oxygens (including phenoxy) is 1. The molecule has 0 radical (unpaired) electrons. The largest absolute Gasteiger partial charge is 0.374 e. The maximum Gasteiger partial charge on any atom is 0.227 e. The van der Waals surface area contributed by atoms with E-state index in [1.165, 1.54) is 0 Å². The third kappa shape index (κ3) is 3.56. The van der Waals surface area contributed by atoms with Gasteiger partial charge in [-0.15, -0.1) is 0 Å². The summed E-state index contributed by atoms with van der Waals surface area (Å²) in [6.07, 6.45) is 2.71. The molecule has 27 heavy (non-hydrogen) atoms. The van der Waals surface area contributed by atoms with Crippen LogP contribution < -0.4 is 5.32 Å². The van der Waals surface area contributed by atoms with E-state index in [1.54, 1.807) is 7.05 Å². The Bertz CT molecular complexity index is 862. The van der Waals surface area contributed by atoms with Crippen molar-refractivity contribution in [1.29, 1.82) is 0 Å². The van der Waals surface area contributed by atoms with Gasteiger partial charge in [-0.1, -0.05) is 6.07 Å². The summed E-state index contributed by atoms with van der Waals surface area (Å²) in [4.78, 5) is 34.7. The second kappa shape index (κ2) is 7.31. The van der Waals surface area contributed by atoms with Crippen LogP contribution in [0.2, 0.25) is 0 Å². The lowest BCUT2D eigenvalue weighted by Gasteiger charge is -2.45. The third-order valence-electron chi connectivity index (χ3n) is 5.78. The lowest BCUT2D eigenvalue weighted by atomic mass is 9.81. The van der Waals surface area contributed by atoms with E-state index in [9.17, 15) is 9.59 Å². The topological polar surface area (TPSA) is 87.3 Å². The molecular weight excluding hydrogens is 344 g/mol. The predicted octanol–water partition coefficient (Wildman–Crippen LogP) is 1.56. The Morgan fingerprint density at radius 3 is 3.04 bits per heavy atom. The summed E-state index contributed by atoms with van der Waals surface area (Å²) in [6, 6.07) is 5.90. The van der Waals surface area contributed by atoms with Gasteiger partial charge in [0.25, 0.3) is 0 Å². The molecule has 2 aromatic rings. The zero-order valence-corrected chi connectivity index (χ0v) is 15.8. The second-order valence-electron chi connectivity index (χ2n) is 7.54. The van der Waals surface area contributed by atoms with Crippen LogP contribution in [0.3, 0.4) is 0 Å². The maximum atomic E-state index is 13.1. The Morgan fingerprint density at radius 2 is 2.22 bits per heavy atom. The summed E-state index contributed by atoms with van der Waals surface area (Å²) in [5.74, 6) is 0.984. The molecule has 2 fully saturated rings. The number of rotatable bonds is 3. The number of hydrogen-bond acceptors (Lipinski definition) is 4. The molecule has 2 N–H and O–H groups in total. The van der Waals surface area contributed by atoms with Crippen LogP contribution >= 0.6 is 0 Å². The average Bonchev–Trinajstić information content (AvgIpc) is 3.05. The molecule has 0 bridgehead atoms. The van der Waals surface area contributed by atoms with Crippen molar-refractivity contribution in [3.05, 3.63) is 29.6 Å². The number of amides is 2. The van der Waals surface area contributed by atoms with Gasteiger partial charge in [0, 0.05) is 19.5 Å². The Hall–Kier alpha value is -2.41. The van der Waals surface area contributed by atoms with Crippen molar-refractivity contribution in [2.24, 2.45) is 5.92 Å². The predicted molar refractivity (Wildman–Crippen MR) is 101 cm³/mol. The van der Waals surface area contributed by atoms with E-state index in [4.69, 9.17) is 4.74 Å². The van der Waals surface area contributed by atoms with Gasteiger partial charge in [0.2, 0.25) is 11.8 Å². The molecule has 2 amide bonds. The van der Waals surface area contributed by atoms with Crippen molar-refractivity contribution in [3.8, 4) is 0 Å². The zero-order valence-electron chi connectivity index (χ0n) is 15.8. The number of fused-ring (bicyclic) bond motifs is 2. The first-order valence-corrected chi connectivity index (χ1v) is 9.63. The SMILES string of the molecule is CNC(=O)[C@H]1CC[C@H]2OCCN(C(=O)Cc3ccc4nc(C)[nH]c4c3)[C@@H]2C1. The lowest BCUT2D eigenvalue weighted by molar-refractivity contribution is -0.153. The Morgan fingerprint density at radius 1 is 1.37 bits per heavy atom. The molecule has 2 heterocycles. The standard InChI is InChI=1S/C20H26N4O3/c1-12-22-15-5-3-13(9-16(15)23-12)10-19(25)24-7-8-27-18-6-4-14(11-17(18)24)20(26)21-2/h3,5,9,14,17-18H,4,6-8,10-11H2,1-2H3,(H,21,26)(H,22,23)/t14-,17+,18+/m0/s1. The van der Waals surface area contributed by atoms with E-state index >= 15 is 0 Å². The van der Waals surface area contributed by atoms with Crippen molar-refractivity contribution in [3.63, 3.8) is 0 Å². The normalized spacial score (nSPS) is 25.3. The Labute approximate surface area is 158 Å². The van der Waals surface area contributed by atoms with Crippen LogP contribution in [0.1, 0.15) is 30.7 Å². The first kappa shape index (κ1) is 18.0. The number of imidazole rings is 1. The third-order valence-corrected chi connectivity index (χ3v) is 5.78. The molecule has 144 valence electrons. The zero-order chi connectivity index (χ0) is 19.0. The molecule has 3 atom stereocenters. The van der Waals surface area contributed by atoms with Crippen LogP contribution in [-0.2, 0) is 20.7 Å². The van der Waals surface area contributed by atoms with Gasteiger partial charge in [0.05, 0.1) is 36.2 Å². The molecule has 2 aliphatic rings. The van der Waals surface area contributed by atoms with Gasteiger partial charge in [-0.25, -0.2) is 4.98 Å². The number of morpholine rings is 1. The van der Waals surface area contributed by atoms with Crippen molar-refractivity contribution < 1.29 is 14.3 Å². The summed E-state index contributed by atoms with van der Waals surface area (Å²) < 4.78 is 5.90. The van der Waals surface area contributed by atoms with Gasteiger partial charge < -0.3 is 19.9 Å². The summed E-state index contributed by atoms with van der Waals surface area (Å²) in [7, 11) is 1.67. The molecule has 1 aromatic heterocycles. The minimum Gasteiger partial charge on any atom is -0.374 e. The molecule has 0 spiro atoms. The van der Waals surface area contributed by atoms with Crippen LogP contribution in [0.25, 0.3) is 11.0 Å².